The molecule has 0 fully saturated rings. The van der Waals surface area contributed by atoms with Crippen molar-refractivity contribution in [1.82, 2.24) is 19.7 Å². The van der Waals surface area contributed by atoms with Gasteiger partial charge in [-0.2, -0.15) is 5.10 Å². The van der Waals surface area contributed by atoms with Crippen molar-refractivity contribution < 1.29 is 4.79 Å². The second-order valence-electron chi connectivity index (χ2n) is 6.76. The van der Waals surface area contributed by atoms with Crippen molar-refractivity contribution in [1.29, 1.82) is 0 Å². The van der Waals surface area contributed by atoms with Crippen LogP contribution in [0.4, 0.5) is 5.69 Å². The van der Waals surface area contributed by atoms with E-state index in [1.807, 2.05) is 38.1 Å². The van der Waals surface area contributed by atoms with Gasteiger partial charge < -0.3 is 10.2 Å². The molecule has 1 aromatic heterocycles. The van der Waals surface area contributed by atoms with E-state index < -0.39 is 0 Å². The molecule has 0 bridgehead atoms. The molecule has 0 aliphatic carbocycles. The summed E-state index contributed by atoms with van der Waals surface area (Å²) in [7, 11) is 0. The number of hydrogen-bond donors (Lipinski definition) is 1. The average Bonchev–Trinajstić information content (AvgIpc) is 3.23. The molecule has 2 aromatic carbocycles. The van der Waals surface area contributed by atoms with Crippen LogP contribution in [0.1, 0.15) is 42.3 Å². The smallest absolute Gasteiger partial charge is 0.255 e. The Morgan fingerprint density at radius 1 is 1.07 bits per heavy atom. The summed E-state index contributed by atoms with van der Waals surface area (Å²) in [6.07, 6.45) is 5.18. The summed E-state index contributed by atoms with van der Waals surface area (Å²) in [6.45, 7) is 9.46. The predicted molar refractivity (Wildman–Crippen MR) is 117 cm³/mol. The highest BCUT2D eigenvalue weighted by Gasteiger charge is 2.14. The van der Waals surface area contributed by atoms with Gasteiger partial charge in [-0.3, -0.25) is 4.79 Å². The van der Waals surface area contributed by atoms with E-state index in [2.05, 4.69) is 39.4 Å². The van der Waals surface area contributed by atoms with Crippen LogP contribution < -0.4 is 5.32 Å². The first-order valence-corrected chi connectivity index (χ1v) is 10.3. The number of amides is 1. The first kappa shape index (κ1) is 20.7. The molecule has 0 unspecified atom stereocenters. The van der Waals surface area contributed by atoms with Crippen LogP contribution in [0.5, 0.6) is 0 Å². The molecule has 6 nitrogen and oxygen atoms in total. The Bertz CT molecular complexity index is 936. The zero-order valence-electron chi connectivity index (χ0n) is 17.4. The highest BCUT2D eigenvalue weighted by molar-refractivity contribution is 6.04. The molecule has 0 spiro atoms. The van der Waals surface area contributed by atoms with Crippen molar-refractivity contribution in [2.24, 2.45) is 0 Å². The van der Waals surface area contributed by atoms with E-state index in [4.69, 9.17) is 0 Å². The molecule has 1 aliphatic heterocycles. The second-order valence-corrected chi connectivity index (χ2v) is 6.76. The molecule has 1 amide bonds. The van der Waals surface area contributed by atoms with E-state index in [1.54, 1.807) is 17.1 Å². The number of nitrogens with one attached hydrogen (secondary N) is 1. The molecule has 0 atom stereocenters. The molecule has 3 aromatic rings. The number of hydrogen-bond acceptors (Lipinski definition) is 4. The topological polar surface area (TPSA) is 63.1 Å². The van der Waals surface area contributed by atoms with Crippen LogP contribution in [0.25, 0.3) is 5.69 Å². The van der Waals surface area contributed by atoms with Crippen LogP contribution in [-0.2, 0) is 12.8 Å². The summed E-state index contributed by atoms with van der Waals surface area (Å²) < 4.78 is 1.64. The maximum absolute atomic E-state index is 12.7. The van der Waals surface area contributed by atoms with Crippen molar-refractivity contribution >= 4 is 11.6 Å². The summed E-state index contributed by atoms with van der Waals surface area (Å²) in [5.41, 5.74) is 4.96. The highest BCUT2D eigenvalue weighted by Crippen LogP contribution is 2.21. The predicted octanol–water partition coefficient (Wildman–Crippen LogP) is 3.97. The SMILES string of the molecule is CC.CCN1CCc2ccc(NC(=O)c3cccc(-n4cncn4)c3)cc2CC1. The summed E-state index contributed by atoms with van der Waals surface area (Å²) in [6, 6.07) is 13.6. The molecular formula is C23H29N5O. The van der Waals surface area contributed by atoms with Gasteiger partial charge in [0.1, 0.15) is 12.7 Å². The Hall–Kier alpha value is -2.99. The minimum absolute atomic E-state index is 0.124. The van der Waals surface area contributed by atoms with Crippen molar-refractivity contribution in [3.05, 3.63) is 71.8 Å². The first-order chi connectivity index (χ1) is 14.2. The van der Waals surface area contributed by atoms with Crippen molar-refractivity contribution in [2.45, 2.75) is 33.6 Å². The van der Waals surface area contributed by atoms with E-state index in [0.717, 1.165) is 43.9 Å². The number of aromatic nitrogens is 3. The average molecular weight is 392 g/mol. The van der Waals surface area contributed by atoms with Crippen molar-refractivity contribution in [3.63, 3.8) is 0 Å². The lowest BCUT2D eigenvalue weighted by molar-refractivity contribution is 0.102. The Kier molecular flexibility index (Phi) is 7.14. The normalized spacial score (nSPS) is 13.6. The Morgan fingerprint density at radius 3 is 2.59 bits per heavy atom. The summed E-state index contributed by atoms with van der Waals surface area (Å²) >= 11 is 0. The fraction of sp³-hybridized carbons (Fsp3) is 0.348. The lowest BCUT2D eigenvalue weighted by atomic mass is 10.0. The largest absolute Gasteiger partial charge is 0.322 e. The van der Waals surface area contributed by atoms with Gasteiger partial charge in [-0.05, 0) is 60.8 Å². The zero-order valence-corrected chi connectivity index (χ0v) is 17.4. The van der Waals surface area contributed by atoms with Gasteiger partial charge in [-0.15, -0.1) is 0 Å². The van der Waals surface area contributed by atoms with Gasteiger partial charge in [0.25, 0.3) is 5.91 Å². The van der Waals surface area contributed by atoms with E-state index in [9.17, 15) is 4.79 Å². The minimum Gasteiger partial charge on any atom is -0.322 e. The van der Waals surface area contributed by atoms with E-state index in [-0.39, 0.29) is 5.91 Å². The quantitative estimate of drug-likeness (QED) is 0.731. The molecule has 4 rings (SSSR count). The maximum atomic E-state index is 12.7. The molecule has 0 saturated carbocycles. The number of benzene rings is 2. The van der Waals surface area contributed by atoms with Crippen molar-refractivity contribution in [2.75, 3.05) is 25.0 Å². The lowest BCUT2D eigenvalue weighted by Crippen LogP contribution is -2.25. The van der Waals surface area contributed by atoms with Crippen LogP contribution in [0.15, 0.2) is 55.1 Å². The third-order valence-corrected chi connectivity index (χ3v) is 5.10. The number of rotatable bonds is 4. The fourth-order valence-corrected chi connectivity index (χ4v) is 3.50. The number of carbonyl (C=O) groups is 1. The highest BCUT2D eigenvalue weighted by atomic mass is 16.1. The third-order valence-electron chi connectivity index (χ3n) is 5.10. The van der Waals surface area contributed by atoms with Gasteiger partial charge >= 0.3 is 0 Å². The van der Waals surface area contributed by atoms with Gasteiger partial charge in [-0.1, -0.05) is 32.9 Å². The van der Waals surface area contributed by atoms with E-state index in [0.29, 0.717) is 5.56 Å². The molecular weight excluding hydrogens is 362 g/mol. The molecule has 6 heteroatoms. The molecule has 0 radical (unpaired) electrons. The Labute approximate surface area is 172 Å². The Morgan fingerprint density at radius 2 is 1.86 bits per heavy atom. The summed E-state index contributed by atoms with van der Waals surface area (Å²) in [5, 5.41) is 7.14. The van der Waals surface area contributed by atoms with Gasteiger partial charge in [0.2, 0.25) is 0 Å². The van der Waals surface area contributed by atoms with E-state index >= 15 is 0 Å². The van der Waals surface area contributed by atoms with E-state index in [1.165, 1.54) is 17.5 Å². The Balaban J connectivity index is 0.00000117. The molecule has 152 valence electrons. The van der Waals surface area contributed by atoms with Gasteiger partial charge in [0.05, 0.1) is 5.69 Å². The molecule has 0 saturated heterocycles. The standard InChI is InChI=1S/C21H23N5O.C2H6/c1-2-25-10-8-16-6-7-19(12-17(16)9-11-25)24-21(27)18-4-3-5-20(13-18)26-15-22-14-23-26;1-2/h3-7,12-15H,2,8-11H2,1H3,(H,24,27);1-2H3. The minimum atomic E-state index is -0.124. The van der Waals surface area contributed by atoms with Crippen LogP contribution in [-0.4, -0.2) is 45.2 Å². The molecule has 2 heterocycles. The van der Waals surface area contributed by atoms with Crippen molar-refractivity contribution in [3.8, 4) is 5.69 Å². The van der Waals surface area contributed by atoms with Gasteiger partial charge in [0.15, 0.2) is 0 Å². The molecule has 1 aliphatic rings. The van der Waals surface area contributed by atoms with Crippen LogP contribution in [0.2, 0.25) is 0 Å². The summed E-state index contributed by atoms with van der Waals surface area (Å²) in [5.74, 6) is -0.124. The van der Waals surface area contributed by atoms with Crippen LogP contribution in [0, 0.1) is 0 Å². The zero-order chi connectivity index (χ0) is 20.6. The number of likely N-dealkylation sites (N-methyl/N-ethyl adjacent to an activating group) is 1. The van der Waals surface area contributed by atoms with Gasteiger partial charge in [0, 0.05) is 24.3 Å². The fourth-order valence-electron chi connectivity index (χ4n) is 3.50. The number of nitrogens with zero attached hydrogens (tertiary/aromatic N) is 4. The first-order valence-electron chi connectivity index (χ1n) is 10.3. The second kappa shape index (κ2) is 9.98. The summed E-state index contributed by atoms with van der Waals surface area (Å²) in [4.78, 5) is 19.1. The van der Waals surface area contributed by atoms with Crippen LogP contribution >= 0.6 is 0 Å². The third kappa shape index (κ3) is 5.09. The molecule has 29 heavy (non-hydrogen) atoms. The molecule has 1 N–H and O–H groups in total. The van der Waals surface area contributed by atoms with Crippen LogP contribution in [0.3, 0.4) is 0 Å². The maximum Gasteiger partial charge on any atom is 0.255 e. The number of anilines is 1. The number of fused-ring (bicyclic) bond motifs is 1. The lowest BCUT2D eigenvalue weighted by Gasteiger charge is -2.16. The monoisotopic (exact) mass is 391 g/mol. The van der Waals surface area contributed by atoms with Gasteiger partial charge in [-0.25, -0.2) is 9.67 Å². The number of carbonyl (C=O) groups excluding carboxylic acids is 1.